The molecule has 2 aromatic carbocycles. The van der Waals surface area contributed by atoms with Gasteiger partial charge < -0.3 is 15.5 Å². The highest BCUT2D eigenvalue weighted by atomic mass is 19.1. The quantitative estimate of drug-likeness (QED) is 0.296. The Hall–Kier alpha value is -4.21. The summed E-state index contributed by atoms with van der Waals surface area (Å²) in [7, 11) is 0. The number of alkyl halides is 1. The number of rotatable bonds is 8. The Morgan fingerprint density at radius 2 is 1.82 bits per heavy atom. The van der Waals surface area contributed by atoms with E-state index in [1.807, 2.05) is 48.2 Å². The van der Waals surface area contributed by atoms with Crippen molar-refractivity contribution >= 4 is 23.2 Å². The van der Waals surface area contributed by atoms with Gasteiger partial charge in [0.25, 0.3) is 5.91 Å². The van der Waals surface area contributed by atoms with Gasteiger partial charge in [0.15, 0.2) is 6.30 Å². The molecule has 0 saturated carbocycles. The Kier molecular flexibility index (Phi) is 8.19. The smallest absolute Gasteiger partial charge is 0.255 e. The van der Waals surface area contributed by atoms with E-state index in [9.17, 15) is 4.79 Å². The molecule has 1 unspecified atom stereocenters. The molecule has 0 radical (unpaired) electrons. The van der Waals surface area contributed by atoms with Crippen LogP contribution in [-0.4, -0.2) is 63.4 Å². The van der Waals surface area contributed by atoms with Crippen LogP contribution in [0.1, 0.15) is 34.7 Å². The second kappa shape index (κ2) is 12.1. The van der Waals surface area contributed by atoms with Crippen molar-refractivity contribution in [3.05, 3.63) is 95.9 Å². The molecule has 2 N–H and O–H groups in total. The van der Waals surface area contributed by atoms with E-state index in [1.165, 1.54) is 0 Å². The van der Waals surface area contributed by atoms with Crippen LogP contribution in [0.2, 0.25) is 0 Å². The number of carbonyl (C=O) groups is 1. The third kappa shape index (κ3) is 6.45. The van der Waals surface area contributed by atoms with Crippen molar-refractivity contribution in [2.24, 2.45) is 0 Å². The van der Waals surface area contributed by atoms with Crippen molar-refractivity contribution < 1.29 is 9.18 Å². The number of amides is 1. The average Bonchev–Trinajstić information content (AvgIpc) is 2.99. The number of halogens is 1. The summed E-state index contributed by atoms with van der Waals surface area (Å²) in [5.41, 5.74) is 5.04. The molecule has 5 rings (SSSR count). The van der Waals surface area contributed by atoms with Crippen LogP contribution >= 0.6 is 0 Å². The summed E-state index contributed by atoms with van der Waals surface area (Å²) < 4.78 is 15.1. The molecular formula is C30H32FN7O. The number of aryl methyl sites for hydroxylation is 1. The molecule has 3 heterocycles. The Labute approximate surface area is 227 Å². The Morgan fingerprint density at radius 3 is 2.54 bits per heavy atom. The molecule has 0 bridgehead atoms. The summed E-state index contributed by atoms with van der Waals surface area (Å²) in [5.74, 6) is 0.175. The van der Waals surface area contributed by atoms with Gasteiger partial charge in [-0.1, -0.05) is 25.1 Å². The van der Waals surface area contributed by atoms with Crippen LogP contribution < -0.4 is 10.6 Å². The van der Waals surface area contributed by atoms with Gasteiger partial charge in [0.05, 0.1) is 5.69 Å². The zero-order valence-corrected chi connectivity index (χ0v) is 22.1. The SMILES string of the molecule is CCN1CCN(C(F)c2ccc(C(=O)Nc3ccc(C)c(Nc4nccc(-c5cccnc5)n4)c3)cc2)CC1. The number of nitrogens with zero attached hydrogens (tertiary/aromatic N) is 5. The van der Waals surface area contributed by atoms with Crippen molar-refractivity contribution in [1.82, 2.24) is 24.8 Å². The molecule has 200 valence electrons. The van der Waals surface area contributed by atoms with Gasteiger partial charge in [-0.2, -0.15) is 0 Å². The molecule has 8 nitrogen and oxygen atoms in total. The molecule has 0 aliphatic carbocycles. The van der Waals surface area contributed by atoms with Crippen LogP contribution in [0.3, 0.4) is 0 Å². The fourth-order valence-electron chi connectivity index (χ4n) is 4.56. The van der Waals surface area contributed by atoms with E-state index in [-0.39, 0.29) is 5.91 Å². The second-order valence-corrected chi connectivity index (χ2v) is 9.54. The summed E-state index contributed by atoms with van der Waals surface area (Å²) in [4.78, 5) is 30.2. The maximum absolute atomic E-state index is 15.1. The summed E-state index contributed by atoms with van der Waals surface area (Å²) in [6.07, 6.45) is 3.98. The maximum atomic E-state index is 15.1. The molecule has 1 aliphatic heterocycles. The molecule has 39 heavy (non-hydrogen) atoms. The minimum absolute atomic E-state index is 0.266. The van der Waals surface area contributed by atoms with Crippen molar-refractivity contribution in [1.29, 1.82) is 0 Å². The number of carbonyl (C=O) groups excluding carboxylic acids is 1. The predicted molar refractivity (Wildman–Crippen MR) is 152 cm³/mol. The van der Waals surface area contributed by atoms with Crippen LogP contribution in [0.4, 0.5) is 21.7 Å². The van der Waals surface area contributed by atoms with Gasteiger partial charge in [0.2, 0.25) is 5.95 Å². The van der Waals surface area contributed by atoms with E-state index >= 15 is 4.39 Å². The van der Waals surface area contributed by atoms with Crippen LogP contribution in [0.15, 0.2) is 79.3 Å². The molecule has 1 saturated heterocycles. The first-order valence-corrected chi connectivity index (χ1v) is 13.1. The third-order valence-corrected chi connectivity index (χ3v) is 6.98. The van der Waals surface area contributed by atoms with Gasteiger partial charge in [0, 0.05) is 72.8 Å². The number of hydrogen-bond acceptors (Lipinski definition) is 7. The summed E-state index contributed by atoms with van der Waals surface area (Å²) in [5, 5.41) is 6.18. The number of aromatic nitrogens is 3. The number of nitrogens with one attached hydrogen (secondary N) is 2. The molecular weight excluding hydrogens is 493 g/mol. The number of hydrogen-bond donors (Lipinski definition) is 2. The fraction of sp³-hybridized carbons (Fsp3) is 0.267. The van der Waals surface area contributed by atoms with Crippen LogP contribution in [0.5, 0.6) is 0 Å². The van der Waals surface area contributed by atoms with Crippen molar-refractivity contribution in [2.75, 3.05) is 43.4 Å². The van der Waals surface area contributed by atoms with E-state index in [4.69, 9.17) is 0 Å². The number of pyridine rings is 1. The largest absolute Gasteiger partial charge is 0.324 e. The molecule has 0 spiro atoms. The maximum Gasteiger partial charge on any atom is 0.255 e. The first-order chi connectivity index (χ1) is 19.0. The molecule has 4 aromatic rings. The normalized spacial score (nSPS) is 15.1. The predicted octanol–water partition coefficient (Wildman–Crippen LogP) is 5.45. The van der Waals surface area contributed by atoms with Gasteiger partial charge >= 0.3 is 0 Å². The summed E-state index contributed by atoms with van der Waals surface area (Å²) >= 11 is 0. The van der Waals surface area contributed by atoms with Gasteiger partial charge in [0.1, 0.15) is 0 Å². The lowest BCUT2D eigenvalue weighted by Crippen LogP contribution is -2.46. The molecule has 1 atom stereocenters. The van der Waals surface area contributed by atoms with Gasteiger partial charge in [-0.15, -0.1) is 0 Å². The molecule has 1 fully saturated rings. The highest BCUT2D eigenvalue weighted by Gasteiger charge is 2.24. The average molecular weight is 526 g/mol. The molecule has 9 heteroatoms. The summed E-state index contributed by atoms with van der Waals surface area (Å²) in [6.45, 7) is 8.20. The minimum atomic E-state index is -1.18. The first-order valence-electron chi connectivity index (χ1n) is 13.1. The van der Waals surface area contributed by atoms with E-state index in [0.29, 0.717) is 35.9 Å². The number of piperazine rings is 1. The van der Waals surface area contributed by atoms with Crippen LogP contribution in [0, 0.1) is 6.92 Å². The minimum Gasteiger partial charge on any atom is -0.324 e. The first kappa shape index (κ1) is 26.4. The lowest BCUT2D eigenvalue weighted by molar-refractivity contribution is 0.0325. The van der Waals surface area contributed by atoms with Crippen LogP contribution in [0.25, 0.3) is 11.3 Å². The Balaban J connectivity index is 1.24. The third-order valence-electron chi connectivity index (χ3n) is 6.98. The second-order valence-electron chi connectivity index (χ2n) is 9.54. The van der Waals surface area contributed by atoms with Crippen molar-refractivity contribution in [3.63, 3.8) is 0 Å². The van der Waals surface area contributed by atoms with E-state index in [2.05, 4.69) is 37.4 Å². The Bertz CT molecular complexity index is 1410. The lowest BCUT2D eigenvalue weighted by atomic mass is 10.1. The summed E-state index contributed by atoms with van der Waals surface area (Å²) in [6, 6.07) is 18.0. The van der Waals surface area contributed by atoms with E-state index in [1.54, 1.807) is 42.9 Å². The van der Waals surface area contributed by atoms with Gasteiger partial charge in [-0.05, 0) is 61.5 Å². The molecule has 1 amide bonds. The zero-order chi connectivity index (χ0) is 27.2. The van der Waals surface area contributed by atoms with Crippen molar-refractivity contribution in [3.8, 4) is 11.3 Å². The highest BCUT2D eigenvalue weighted by molar-refractivity contribution is 6.04. The van der Waals surface area contributed by atoms with Gasteiger partial charge in [-0.3, -0.25) is 14.7 Å². The topological polar surface area (TPSA) is 86.3 Å². The van der Waals surface area contributed by atoms with Crippen molar-refractivity contribution in [2.45, 2.75) is 20.1 Å². The lowest BCUT2D eigenvalue weighted by Gasteiger charge is -2.35. The van der Waals surface area contributed by atoms with Crippen LogP contribution in [-0.2, 0) is 0 Å². The highest BCUT2D eigenvalue weighted by Crippen LogP contribution is 2.26. The number of benzene rings is 2. The molecule has 1 aliphatic rings. The zero-order valence-electron chi connectivity index (χ0n) is 22.1. The van der Waals surface area contributed by atoms with E-state index in [0.717, 1.165) is 42.1 Å². The van der Waals surface area contributed by atoms with E-state index < -0.39 is 6.30 Å². The number of anilines is 3. The monoisotopic (exact) mass is 525 g/mol. The molecule has 2 aromatic heterocycles. The number of likely N-dealkylation sites (N-methyl/N-ethyl adjacent to an activating group) is 1. The Morgan fingerprint density at radius 1 is 1.03 bits per heavy atom. The standard InChI is InChI=1S/C30H32FN7O/c1-3-37-15-17-38(18-16-37)28(31)22-7-9-23(10-8-22)29(39)34-25-11-6-21(2)27(19-25)36-30-33-14-12-26(35-30)24-5-4-13-32-20-24/h4-14,19-20,28H,3,15-18H2,1-2H3,(H,34,39)(H,33,35,36). The fourth-order valence-corrected chi connectivity index (χ4v) is 4.56. The van der Waals surface area contributed by atoms with Gasteiger partial charge in [-0.25, -0.2) is 14.4 Å².